The van der Waals surface area contributed by atoms with Crippen LogP contribution in [0.4, 0.5) is 4.39 Å². The normalized spacial score (nSPS) is 22.4. The van der Waals surface area contributed by atoms with Gasteiger partial charge < -0.3 is 14.7 Å². The lowest BCUT2D eigenvalue weighted by atomic mass is 10.2. The highest BCUT2D eigenvalue weighted by molar-refractivity contribution is 5.97. The quantitative estimate of drug-likeness (QED) is 0.762. The average Bonchev–Trinajstić information content (AvgIpc) is 2.79. The van der Waals surface area contributed by atoms with Crippen LogP contribution < -0.4 is 0 Å². The van der Waals surface area contributed by atoms with Gasteiger partial charge in [0.15, 0.2) is 5.82 Å². The number of carbonyl (C=O) groups is 2. The van der Waals surface area contributed by atoms with Crippen LogP contribution in [0.15, 0.2) is 18.5 Å². The molecule has 0 saturated carbocycles. The molecule has 0 aliphatic carbocycles. The minimum absolute atomic E-state index is 0.0274. The van der Waals surface area contributed by atoms with E-state index in [1.54, 1.807) is 0 Å². The number of likely N-dealkylation sites (tertiary alicyclic amines) is 1. The number of β-amino-alcohol motifs (C(OH)–C–C–N with tert-alkyl or cyclic N) is 1. The first-order chi connectivity index (χ1) is 9.04. The van der Waals surface area contributed by atoms with Crippen molar-refractivity contribution in [3.63, 3.8) is 0 Å². The van der Waals surface area contributed by atoms with Gasteiger partial charge >= 0.3 is 5.97 Å². The Labute approximate surface area is 108 Å². The number of amides is 1. The van der Waals surface area contributed by atoms with Crippen molar-refractivity contribution in [1.29, 1.82) is 0 Å². The zero-order valence-corrected chi connectivity index (χ0v) is 10.2. The molecule has 0 bridgehead atoms. The van der Waals surface area contributed by atoms with Crippen LogP contribution in [0.1, 0.15) is 16.8 Å². The summed E-state index contributed by atoms with van der Waals surface area (Å²) in [4.78, 5) is 28.4. The van der Waals surface area contributed by atoms with E-state index in [2.05, 4.69) is 9.72 Å². The Morgan fingerprint density at radius 1 is 1.58 bits per heavy atom. The number of aromatic nitrogens is 1. The molecule has 1 N–H and O–H groups in total. The number of carbonyl (C=O) groups excluding carboxylic acids is 2. The second kappa shape index (κ2) is 5.31. The third kappa shape index (κ3) is 2.55. The Balaban J connectivity index is 2.27. The molecule has 2 atom stereocenters. The number of rotatable bonds is 2. The zero-order valence-electron chi connectivity index (χ0n) is 10.2. The number of aliphatic hydroxyl groups excluding tert-OH is 1. The van der Waals surface area contributed by atoms with Gasteiger partial charge in [0.1, 0.15) is 6.04 Å². The fraction of sp³-hybridized carbons (Fsp3) is 0.417. The molecule has 0 aromatic carbocycles. The van der Waals surface area contributed by atoms with Crippen LogP contribution in [0.3, 0.4) is 0 Å². The molecule has 1 fully saturated rings. The number of hydrogen-bond acceptors (Lipinski definition) is 5. The van der Waals surface area contributed by atoms with Crippen molar-refractivity contribution >= 4 is 11.9 Å². The zero-order chi connectivity index (χ0) is 14.0. The van der Waals surface area contributed by atoms with Gasteiger partial charge in [-0.3, -0.25) is 9.78 Å². The maximum Gasteiger partial charge on any atom is 0.328 e. The highest BCUT2D eigenvalue weighted by Gasteiger charge is 2.40. The van der Waals surface area contributed by atoms with Gasteiger partial charge in [0.2, 0.25) is 0 Å². The van der Waals surface area contributed by atoms with Gasteiger partial charge in [0.05, 0.1) is 25.0 Å². The lowest BCUT2D eigenvalue weighted by molar-refractivity contribution is -0.145. The molecule has 19 heavy (non-hydrogen) atoms. The Morgan fingerprint density at radius 2 is 2.32 bits per heavy atom. The second-order valence-electron chi connectivity index (χ2n) is 4.24. The van der Waals surface area contributed by atoms with Crippen molar-refractivity contribution in [3.8, 4) is 0 Å². The number of hydrogen-bond donors (Lipinski definition) is 1. The summed E-state index contributed by atoms with van der Waals surface area (Å²) < 4.78 is 18.1. The van der Waals surface area contributed by atoms with Crippen molar-refractivity contribution in [2.75, 3.05) is 13.7 Å². The topological polar surface area (TPSA) is 79.7 Å². The van der Waals surface area contributed by atoms with Crippen LogP contribution in [0.5, 0.6) is 0 Å². The van der Waals surface area contributed by atoms with E-state index in [1.165, 1.54) is 19.4 Å². The molecule has 102 valence electrons. The van der Waals surface area contributed by atoms with Crippen molar-refractivity contribution in [3.05, 3.63) is 29.8 Å². The van der Waals surface area contributed by atoms with E-state index in [1.807, 2.05) is 0 Å². The average molecular weight is 268 g/mol. The summed E-state index contributed by atoms with van der Waals surface area (Å²) in [6.45, 7) is -0.0274. The lowest BCUT2D eigenvalue weighted by Gasteiger charge is -2.22. The summed E-state index contributed by atoms with van der Waals surface area (Å²) >= 11 is 0. The maximum atomic E-state index is 13.5. The number of ether oxygens (including phenoxy) is 1. The molecule has 0 radical (unpaired) electrons. The van der Waals surface area contributed by atoms with Gasteiger partial charge in [0, 0.05) is 19.2 Å². The summed E-state index contributed by atoms with van der Waals surface area (Å²) in [5, 5.41) is 9.57. The Hall–Kier alpha value is -2.02. The number of esters is 1. The van der Waals surface area contributed by atoms with Crippen LogP contribution in [0.2, 0.25) is 0 Å². The van der Waals surface area contributed by atoms with Gasteiger partial charge in [-0.2, -0.15) is 0 Å². The summed E-state index contributed by atoms with van der Waals surface area (Å²) in [7, 11) is 1.20. The molecule has 1 aliphatic rings. The first kappa shape index (κ1) is 13.4. The molecule has 1 amide bonds. The molecule has 1 aromatic rings. The summed E-state index contributed by atoms with van der Waals surface area (Å²) in [5.74, 6) is -2.05. The van der Waals surface area contributed by atoms with E-state index >= 15 is 0 Å². The number of pyridine rings is 1. The van der Waals surface area contributed by atoms with Crippen molar-refractivity contribution < 1.29 is 23.8 Å². The maximum absolute atomic E-state index is 13.5. The lowest BCUT2D eigenvalue weighted by Crippen LogP contribution is -2.41. The fourth-order valence-corrected chi connectivity index (χ4v) is 2.10. The monoisotopic (exact) mass is 268 g/mol. The Kier molecular flexibility index (Phi) is 3.75. The highest BCUT2D eigenvalue weighted by Crippen LogP contribution is 2.22. The fourth-order valence-electron chi connectivity index (χ4n) is 2.10. The van der Waals surface area contributed by atoms with E-state index in [4.69, 9.17) is 0 Å². The van der Waals surface area contributed by atoms with E-state index in [0.717, 1.165) is 11.1 Å². The molecule has 2 heterocycles. The summed E-state index contributed by atoms with van der Waals surface area (Å²) in [5.41, 5.74) is -0.182. The SMILES string of the molecule is COC(=O)C1CC(O)CN1C(=O)c1ccncc1F. The summed E-state index contributed by atoms with van der Waals surface area (Å²) in [6.07, 6.45) is 1.48. The Morgan fingerprint density at radius 3 is 2.95 bits per heavy atom. The Bertz CT molecular complexity index is 508. The first-order valence-electron chi connectivity index (χ1n) is 5.71. The van der Waals surface area contributed by atoms with Crippen LogP contribution in [0, 0.1) is 5.82 Å². The van der Waals surface area contributed by atoms with Gasteiger partial charge in [-0.25, -0.2) is 9.18 Å². The molecule has 2 rings (SSSR count). The number of methoxy groups -OCH3 is 1. The molecular weight excluding hydrogens is 255 g/mol. The number of aliphatic hydroxyl groups is 1. The standard InChI is InChI=1S/C12H13FN2O4/c1-19-12(18)10-4-7(16)6-15(10)11(17)8-2-3-14-5-9(8)13/h2-3,5,7,10,16H,4,6H2,1H3. The second-order valence-corrected chi connectivity index (χ2v) is 4.24. The first-order valence-corrected chi connectivity index (χ1v) is 5.71. The molecule has 7 heteroatoms. The predicted molar refractivity (Wildman–Crippen MR) is 61.7 cm³/mol. The molecule has 1 aromatic heterocycles. The van der Waals surface area contributed by atoms with Crippen molar-refractivity contribution in [2.24, 2.45) is 0 Å². The molecule has 1 aliphatic heterocycles. The summed E-state index contributed by atoms with van der Waals surface area (Å²) in [6, 6.07) is 0.344. The van der Waals surface area contributed by atoms with Crippen LogP contribution in [-0.2, 0) is 9.53 Å². The largest absolute Gasteiger partial charge is 0.467 e. The van der Waals surface area contributed by atoms with Crippen molar-refractivity contribution in [1.82, 2.24) is 9.88 Å². The molecular formula is C12H13FN2O4. The van der Waals surface area contributed by atoms with Gasteiger partial charge in [-0.15, -0.1) is 0 Å². The minimum atomic E-state index is -0.889. The highest BCUT2D eigenvalue weighted by atomic mass is 19.1. The molecule has 1 saturated heterocycles. The molecule has 2 unspecified atom stereocenters. The van der Waals surface area contributed by atoms with E-state index < -0.39 is 29.8 Å². The third-order valence-corrected chi connectivity index (χ3v) is 3.02. The van der Waals surface area contributed by atoms with E-state index in [-0.39, 0.29) is 18.5 Å². The van der Waals surface area contributed by atoms with Crippen molar-refractivity contribution in [2.45, 2.75) is 18.6 Å². The molecule has 6 nitrogen and oxygen atoms in total. The van der Waals surface area contributed by atoms with Gasteiger partial charge in [-0.05, 0) is 6.07 Å². The third-order valence-electron chi connectivity index (χ3n) is 3.02. The van der Waals surface area contributed by atoms with E-state index in [9.17, 15) is 19.1 Å². The minimum Gasteiger partial charge on any atom is -0.467 e. The number of halogens is 1. The predicted octanol–water partition coefficient (Wildman–Crippen LogP) is -0.0309. The van der Waals surface area contributed by atoms with Crippen LogP contribution in [-0.4, -0.2) is 52.7 Å². The molecule has 0 spiro atoms. The van der Waals surface area contributed by atoms with E-state index in [0.29, 0.717) is 0 Å². The van der Waals surface area contributed by atoms with Gasteiger partial charge in [-0.1, -0.05) is 0 Å². The van der Waals surface area contributed by atoms with Crippen LogP contribution >= 0.6 is 0 Å². The smallest absolute Gasteiger partial charge is 0.328 e. The number of nitrogens with zero attached hydrogens (tertiary/aromatic N) is 2. The van der Waals surface area contributed by atoms with Gasteiger partial charge in [0.25, 0.3) is 5.91 Å². The van der Waals surface area contributed by atoms with Crippen LogP contribution in [0.25, 0.3) is 0 Å².